The highest BCUT2D eigenvalue weighted by Gasteiger charge is 2.29. The molecule has 2 aromatic rings. The number of anilines is 1. The van der Waals surface area contributed by atoms with E-state index in [2.05, 4.69) is 71.9 Å². The molecule has 0 saturated heterocycles. The summed E-state index contributed by atoms with van der Waals surface area (Å²) in [6.45, 7) is 6.30. The summed E-state index contributed by atoms with van der Waals surface area (Å²) in [5.74, 6) is 0.326. The van der Waals surface area contributed by atoms with Crippen molar-refractivity contribution in [2.45, 2.75) is 26.3 Å². The Morgan fingerprint density at radius 2 is 2.07 bits per heavy atom. The predicted molar refractivity (Wildman–Crippen MR) is 128 cm³/mol. The van der Waals surface area contributed by atoms with Crippen LogP contribution in [0.2, 0.25) is 5.02 Å². The Hall–Kier alpha value is -2.06. The number of hydrogen-bond donors (Lipinski definition) is 1. The van der Waals surface area contributed by atoms with E-state index in [-0.39, 0.29) is 18.1 Å². The number of ether oxygens (including phenoxy) is 1. The first-order chi connectivity index (χ1) is 13.7. The summed E-state index contributed by atoms with van der Waals surface area (Å²) in [6, 6.07) is 11.4. The van der Waals surface area contributed by atoms with Gasteiger partial charge in [-0.2, -0.15) is 5.10 Å². The van der Waals surface area contributed by atoms with Crippen LogP contribution in [-0.2, 0) is 4.79 Å². The van der Waals surface area contributed by atoms with Crippen LogP contribution in [0.25, 0.3) is 5.57 Å². The molecule has 0 aliphatic carbocycles. The second kappa shape index (κ2) is 8.75. The molecule has 0 spiro atoms. The van der Waals surface area contributed by atoms with Gasteiger partial charge >= 0.3 is 0 Å². The van der Waals surface area contributed by atoms with Gasteiger partial charge in [0.1, 0.15) is 5.75 Å². The maximum Gasteiger partial charge on any atom is 0.277 e. The van der Waals surface area contributed by atoms with Crippen molar-refractivity contribution < 1.29 is 9.53 Å². The Labute approximate surface area is 189 Å². The molecule has 5 nitrogen and oxygen atoms in total. The molecule has 7 heteroatoms. The number of carbonyl (C=O) groups is 1. The number of fused-ring (bicyclic) bond motifs is 1. The number of hydrazone groups is 1. The van der Waals surface area contributed by atoms with Gasteiger partial charge in [-0.3, -0.25) is 4.79 Å². The van der Waals surface area contributed by atoms with E-state index in [1.807, 2.05) is 36.4 Å². The lowest BCUT2D eigenvalue weighted by Gasteiger charge is -2.40. The van der Waals surface area contributed by atoms with Crippen molar-refractivity contribution in [1.29, 1.82) is 0 Å². The standard InChI is InChI=1S/C22H23ClIN3O2/c1-14-11-22(2,3)27(4)19-10-17(23)15(9-16(14)19)12-25-26-21(28)13-29-20-8-6-5-7-18(20)24/h5-12H,13H2,1-4H3,(H,26,28)/b25-12+. The minimum Gasteiger partial charge on any atom is -0.483 e. The van der Waals surface area contributed by atoms with E-state index in [0.717, 1.165) is 20.4 Å². The third-order valence-corrected chi connectivity index (χ3v) is 6.14. The molecule has 1 aliphatic rings. The molecule has 0 saturated carbocycles. The van der Waals surface area contributed by atoms with E-state index in [1.165, 1.54) is 5.57 Å². The van der Waals surface area contributed by atoms with Crippen molar-refractivity contribution in [3.8, 4) is 5.75 Å². The minimum absolute atomic E-state index is 0.0828. The smallest absolute Gasteiger partial charge is 0.277 e. The number of hydrogen-bond acceptors (Lipinski definition) is 4. The fourth-order valence-electron chi connectivity index (χ4n) is 3.20. The molecule has 0 fully saturated rings. The Bertz CT molecular complexity index is 1000. The number of nitrogens with one attached hydrogen (secondary N) is 1. The Morgan fingerprint density at radius 1 is 1.34 bits per heavy atom. The van der Waals surface area contributed by atoms with Gasteiger partial charge in [-0.25, -0.2) is 5.43 Å². The van der Waals surface area contributed by atoms with Crippen molar-refractivity contribution in [2.75, 3.05) is 18.6 Å². The van der Waals surface area contributed by atoms with Gasteiger partial charge in [0.25, 0.3) is 5.91 Å². The fraction of sp³-hybridized carbons (Fsp3) is 0.273. The highest BCUT2D eigenvalue weighted by Crippen LogP contribution is 2.40. The van der Waals surface area contributed by atoms with Gasteiger partial charge in [-0.1, -0.05) is 29.8 Å². The van der Waals surface area contributed by atoms with E-state index in [9.17, 15) is 4.79 Å². The second-order valence-corrected chi connectivity index (χ2v) is 9.01. The van der Waals surface area contributed by atoms with Crippen LogP contribution in [0.15, 0.2) is 47.6 Å². The number of likely N-dealkylation sites (N-methyl/N-ethyl adjacent to an activating group) is 1. The summed E-state index contributed by atoms with van der Waals surface area (Å²) in [7, 11) is 2.06. The molecule has 2 aromatic carbocycles. The zero-order valence-electron chi connectivity index (χ0n) is 16.8. The number of amides is 1. The monoisotopic (exact) mass is 523 g/mol. The van der Waals surface area contributed by atoms with Gasteiger partial charge in [0.2, 0.25) is 0 Å². The molecule has 1 aliphatic heterocycles. The lowest BCUT2D eigenvalue weighted by atomic mass is 9.88. The van der Waals surface area contributed by atoms with Crippen molar-refractivity contribution in [3.05, 3.63) is 62.2 Å². The van der Waals surface area contributed by atoms with Crippen LogP contribution in [-0.4, -0.2) is 31.3 Å². The molecule has 0 bridgehead atoms. The molecule has 29 heavy (non-hydrogen) atoms. The zero-order valence-corrected chi connectivity index (χ0v) is 19.7. The highest BCUT2D eigenvalue weighted by molar-refractivity contribution is 14.1. The fourth-order valence-corrected chi connectivity index (χ4v) is 3.95. The average Bonchev–Trinajstić information content (AvgIpc) is 2.66. The van der Waals surface area contributed by atoms with Crippen LogP contribution in [0.4, 0.5) is 5.69 Å². The Balaban J connectivity index is 1.68. The van der Waals surface area contributed by atoms with Crippen LogP contribution in [0.5, 0.6) is 5.75 Å². The summed E-state index contributed by atoms with van der Waals surface area (Å²) in [6.07, 6.45) is 3.79. The molecule has 0 unspecified atom stereocenters. The topological polar surface area (TPSA) is 53.9 Å². The lowest BCUT2D eigenvalue weighted by molar-refractivity contribution is -0.123. The third kappa shape index (κ3) is 4.93. The van der Waals surface area contributed by atoms with E-state index < -0.39 is 0 Å². The molecule has 3 rings (SSSR count). The largest absolute Gasteiger partial charge is 0.483 e. The average molecular weight is 524 g/mol. The third-order valence-electron chi connectivity index (χ3n) is 4.92. The SMILES string of the molecule is CC1=CC(C)(C)N(C)c2cc(Cl)c(/C=N/NC(=O)COc3ccccc3I)cc21. The summed E-state index contributed by atoms with van der Waals surface area (Å²) in [4.78, 5) is 14.2. The van der Waals surface area contributed by atoms with Crippen molar-refractivity contribution in [1.82, 2.24) is 5.43 Å². The van der Waals surface area contributed by atoms with Crippen LogP contribution < -0.4 is 15.1 Å². The first-order valence-corrected chi connectivity index (χ1v) is 10.6. The second-order valence-electron chi connectivity index (χ2n) is 7.44. The zero-order chi connectivity index (χ0) is 21.2. The van der Waals surface area contributed by atoms with E-state index >= 15 is 0 Å². The van der Waals surface area contributed by atoms with Gasteiger partial charge in [-0.15, -0.1) is 0 Å². The molecule has 152 valence electrons. The molecule has 1 heterocycles. The molecular formula is C22H23ClIN3O2. The van der Waals surface area contributed by atoms with Crippen LogP contribution in [0.3, 0.4) is 0 Å². The highest BCUT2D eigenvalue weighted by atomic mass is 127. The maximum atomic E-state index is 12.0. The van der Waals surface area contributed by atoms with E-state index in [0.29, 0.717) is 10.8 Å². The molecular weight excluding hydrogens is 501 g/mol. The number of rotatable bonds is 5. The van der Waals surface area contributed by atoms with Crippen molar-refractivity contribution >= 4 is 57.6 Å². The normalized spacial score (nSPS) is 15.1. The number of nitrogens with zero attached hydrogens (tertiary/aromatic N) is 2. The van der Waals surface area contributed by atoms with Gasteiger partial charge < -0.3 is 9.64 Å². The summed E-state index contributed by atoms with van der Waals surface area (Å²) >= 11 is 8.63. The van der Waals surface area contributed by atoms with Crippen molar-refractivity contribution in [3.63, 3.8) is 0 Å². The van der Waals surface area contributed by atoms with Crippen molar-refractivity contribution in [2.24, 2.45) is 5.10 Å². The Kier molecular flexibility index (Phi) is 6.53. The molecule has 0 aromatic heterocycles. The van der Waals surface area contributed by atoms with Gasteiger partial charge in [0.05, 0.1) is 20.3 Å². The quantitative estimate of drug-likeness (QED) is 0.337. The number of allylic oxidation sites excluding steroid dienone is 1. The van der Waals surface area contributed by atoms with Gasteiger partial charge in [0.15, 0.2) is 6.61 Å². The van der Waals surface area contributed by atoms with Gasteiger partial charge in [0, 0.05) is 23.9 Å². The predicted octanol–water partition coefficient (Wildman–Crippen LogP) is 5.11. The van der Waals surface area contributed by atoms with Gasteiger partial charge in [-0.05, 0) is 73.2 Å². The molecule has 0 atom stereocenters. The molecule has 1 N–H and O–H groups in total. The Morgan fingerprint density at radius 3 is 2.79 bits per heavy atom. The lowest BCUT2D eigenvalue weighted by Crippen LogP contribution is -2.42. The number of carbonyl (C=O) groups excluding carboxylic acids is 1. The maximum absolute atomic E-state index is 12.0. The summed E-state index contributed by atoms with van der Waals surface area (Å²) < 4.78 is 6.46. The summed E-state index contributed by atoms with van der Waals surface area (Å²) in [5, 5.41) is 4.61. The first kappa shape index (κ1) is 21.6. The van der Waals surface area contributed by atoms with E-state index in [1.54, 1.807) is 6.21 Å². The number of halogens is 2. The van der Waals surface area contributed by atoms with E-state index in [4.69, 9.17) is 16.3 Å². The minimum atomic E-state index is -0.340. The van der Waals surface area contributed by atoms with Crippen LogP contribution >= 0.6 is 34.2 Å². The number of para-hydroxylation sites is 1. The number of benzene rings is 2. The first-order valence-electron chi connectivity index (χ1n) is 9.15. The molecule has 1 amide bonds. The molecule has 0 radical (unpaired) electrons. The summed E-state index contributed by atoms with van der Waals surface area (Å²) in [5.41, 5.74) is 6.50. The van der Waals surface area contributed by atoms with Crippen LogP contribution in [0, 0.1) is 3.57 Å². The van der Waals surface area contributed by atoms with Crippen LogP contribution in [0.1, 0.15) is 31.9 Å².